The molecule has 0 saturated heterocycles. The van der Waals surface area contributed by atoms with Gasteiger partial charge in [-0.2, -0.15) is 15.5 Å². The van der Waals surface area contributed by atoms with Gasteiger partial charge in [-0.15, -0.1) is 0 Å². The number of nitriles is 1. The molecule has 0 atom stereocenters. The van der Waals surface area contributed by atoms with Crippen molar-refractivity contribution in [1.82, 2.24) is 34.3 Å². The molecule has 0 bridgehead atoms. The number of hydrogen-bond acceptors (Lipinski definition) is 6. The molecule has 8 heteroatoms. The van der Waals surface area contributed by atoms with Crippen molar-refractivity contribution in [2.24, 2.45) is 0 Å². The fraction of sp³-hybridized carbons (Fsp3) is 0.176. The Morgan fingerprint density at radius 1 is 1.16 bits per heavy atom. The van der Waals surface area contributed by atoms with E-state index in [1.807, 2.05) is 12.1 Å². The van der Waals surface area contributed by atoms with E-state index in [4.69, 9.17) is 5.26 Å². The molecule has 4 aromatic rings. The summed E-state index contributed by atoms with van der Waals surface area (Å²) in [7, 11) is 0. The highest BCUT2D eigenvalue weighted by Crippen LogP contribution is 2.18. The van der Waals surface area contributed by atoms with Crippen molar-refractivity contribution in [3.05, 3.63) is 65.8 Å². The van der Waals surface area contributed by atoms with Gasteiger partial charge in [0.2, 0.25) is 0 Å². The molecule has 25 heavy (non-hydrogen) atoms. The lowest BCUT2D eigenvalue weighted by Crippen LogP contribution is -2.09. The normalized spacial score (nSPS) is 10.9. The molecule has 0 aromatic carbocycles. The van der Waals surface area contributed by atoms with E-state index in [0.717, 1.165) is 29.0 Å². The maximum Gasteiger partial charge on any atom is 0.162 e. The molecule has 0 spiro atoms. The van der Waals surface area contributed by atoms with Gasteiger partial charge in [0.25, 0.3) is 0 Å². The van der Waals surface area contributed by atoms with Crippen LogP contribution in [0.3, 0.4) is 0 Å². The predicted octanol–water partition coefficient (Wildman–Crippen LogP) is 1.73. The molecule has 8 nitrogen and oxygen atoms in total. The molecule has 4 heterocycles. The zero-order chi connectivity index (χ0) is 17.2. The first-order valence-electron chi connectivity index (χ1n) is 7.86. The Hall–Kier alpha value is -3.60. The standard InChI is InChI=1S/C17H14N8/c1-2-14-15(20-11-24-17(14)19-10-22-24)8-13-6-7-21-25(13)16-5-3-4-12(9-18)23-16/h3-7,10-11H,2,8H2,1H3. The van der Waals surface area contributed by atoms with Crippen molar-refractivity contribution in [2.45, 2.75) is 19.8 Å². The Morgan fingerprint density at radius 3 is 2.92 bits per heavy atom. The molecule has 0 fully saturated rings. The van der Waals surface area contributed by atoms with Gasteiger partial charge in [-0.05, 0) is 24.6 Å². The van der Waals surface area contributed by atoms with Crippen LogP contribution in [0.1, 0.15) is 29.6 Å². The molecule has 0 radical (unpaired) electrons. The van der Waals surface area contributed by atoms with Crippen molar-refractivity contribution >= 4 is 5.65 Å². The van der Waals surface area contributed by atoms with Crippen LogP contribution in [-0.2, 0) is 12.8 Å². The van der Waals surface area contributed by atoms with Crippen LogP contribution in [0.25, 0.3) is 11.5 Å². The Bertz CT molecular complexity index is 1090. The van der Waals surface area contributed by atoms with E-state index in [9.17, 15) is 0 Å². The lowest BCUT2D eigenvalue weighted by atomic mass is 10.1. The third-order valence-corrected chi connectivity index (χ3v) is 4.00. The van der Waals surface area contributed by atoms with E-state index in [-0.39, 0.29) is 0 Å². The van der Waals surface area contributed by atoms with Crippen LogP contribution in [0, 0.1) is 11.3 Å². The number of hydrogen-bond donors (Lipinski definition) is 0. The monoisotopic (exact) mass is 330 g/mol. The van der Waals surface area contributed by atoms with Crippen molar-refractivity contribution in [3.63, 3.8) is 0 Å². The zero-order valence-electron chi connectivity index (χ0n) is 13.5. The summed E-state index contributed by atoms with van der Waals surface area (Å²) in [5.74, 6) is 0.612. The van der Waals surface area contributed by atoms with Gasteiger partial charge in [0.15, 0.2) is 11.5 Å². The van der Waals surface area contributed by atoms with E-state index in [0.29, 0.717) is 17.9 Å². The summed E-state index contributed by atoms with van der Waals surface area (Å²) in [6.45, 7) is 2.07. The zero-order valence-corrected chi connectivity index (χ0v) is 13.5. The molecule has 0 N–H and O–H groups in total. The van der Waals surface area contributed by atoms with Crippen LogP contribution >= 0.6 is 0 Å². The van der Waals surface area contributed by atoms with Crippen LogP contribution < -0.4 is 0 Å². The Labute approximate surface area is 143 Å². The lowest BCUT2D eigenvalue weighted by molar-refractivity contribution is 0.781. The van der Waals surface area contributed by atoms with Gasteiger partial charge in [0.1, 0.15) is 24.4 Å². The molecule has 122 valence electrons. The average Bonchev–Trinajstić information content (AvgIpc) is 3.31. The summed E-state index contributed by atoms with van der Waals surface area (Å²) in [5.41, 5.74) is 4.11. The molecule has 0 saturated carbocycles. The Morgan fingerprint density at radius 2 is 2.08 bits per heavy atom. The van der Waals surface area contributed by atoms with E-state index >= 15 is 0 Å². The van der Waals surface area contributed by atoms with E-state index in [2.05, 4.69) is 38.1 Å². The smallest absolute Gasteiger partial charge is 0.162 e. The van der Waals surface area contributed by atoms with Gasteiger partial charge < -0.3 is 0 Å². The van der Waals surface area contributed by atoms with Crippen molar-refractivity contribution in [3.8, 4) is 11.9 Å². The van der Waals surface area contributed by atoms with Crippen molar-refractivity contribution in [2.75, 3.05) is 0 Å². The topological polar surface area (TPSA) is 97.6 Å². The predicted molar refractivity (Wildman–Crippen MR) is 89.0 cm³/mol. The van der Waals surface area contributed by atoms with Crippen LogP contribution in [0.15, 0.2) is 43.1 Å². The number of pyridine rings is 1. The van der Waals surface area contributed by atoms with Gasteiger partial charge in [-0.25, -0.2) is 24.1 Å². The van der Waals surface area contributed by atoms with E-state index in [1.165, 1.54) is 6.33 Å². The summed E-state index contributed by atoms with van der Waals surface area (Å²) < 4.78 is 3.41. The van der Waals surface area contributed by atoms with E-state index in [1.54, 1.807) is 33.9 Å². The first-order chi connectivity index (χ1) is 12.3. The number of aromatic nitrogens is 7. The molecule has 0 amide bonds. The minimum atomic E-state index is 0.358. The maximum absolute atomic E-state index is 9.05. The first kappa shape index (κ1) is 15.0. The number of fused-ring (bicyclic) bond motifs is 1. The van der Waals surface area contributed by atoms with Gasteiger partial charge in [0, 0.05) is 18.2 Å². The number of aryl methyl sites for hydroxylation is 1. The number of rotatable bonds is 4. The number of nitrogens with zero attached hydrogens (tertiary/aromatic N) is 8. The van der Waals surface area contributed by atoms with Crippen LogP contribution in [-0.4, -0.2) is 34.3 Å². The second-order valence-corrected chi connectivity index (χ2v) is 5.46. The molecule has 0 aliphatic carbocycles. The molecule has 4 rings (SSSR count). The largest absolute Gasteiger partial charge is 0.240 e. The lowest BCUT2D eigenvalue weighted by Gasteiger charge is -2.10. The summed E-state index contributed by atoms with van der Waals surface area (Å²) in [6, 6.07) is 9.27. The fourth-order valence-corrected chi connectivity index (χ4v) is 2.84. The van der Waals surface area contributed by atoms with Crippen LogP contribution in [0.4, 0.5) is 0 Å². The van der Waals surface area contributed by atoms with E-state index < -0.39 is 0 Å². The van der Waals surface area contributed by atoms with Gasteiger partial charge in [0.05, 0.1) is 11.4 Å². The second-order valence-electron chi connectivity index (χ2n) is 5.46. The second kappa shape index (κ2) is 6.13. The molecule has 0 aliphatic heterocycles. The average molecular weight is 330 g/mol. The molecule has 0 aliphatic rings. The minimum Gasteiger partial charge on any atom is -0.240 e. The molecular weight excluding hydrogens is 316 g/mol. The van der Waals surface area contributed by atoms with Gasteiger partial charge >= 0.3 is 0 Å². The van der Waals surface area contributed by atoms with Crippen LogP contribution in [0.2, 0.25) is 0 Å². The Balaban J connectivity index is 1.76. The summed E-state index contributed by atoms with van der Waals surface area (Å²) in [5, 5.41) is 17.5. The Kier molecular flexibility index (Phi) is 3.67. The van der Waals surface area contributed by atoms with Crippen LogP contribution in [0.5, 0.6) is 0 Å². The quantitative estimate of drug-likeness (QED) is 0.565. The van der Waals surface area contributed by atoms with Crippen molar-refractivity contribution < 1.29 is 0 Å². The molecule has 0 unspecified atom stereocenters. The minimum absolute atomic E-state index is 0.358. The SMILES string of the molecule is CCc1c(Cc2ccnn2-c2cccc(C#N)n2)ncn2ncnc12. The highest BCUT2D eigenvalue weighted by molar-refractivity contribution is 5.49. The van der Waals surface area contributed by atoms with Gasteiger partial charge in [-0.1, -0.05) is 13.0 Å². The fourth-order valence-electron chi connectivity index (χ4n) is 2.84. The molecule has 4 aromatic heterocycles. The van der Waals surface area contributed by atoms with Gasteiger partial charge in [-0.3, -0.25) is 0 Å². The van der Waals surface area contributed by atoms with Crippen molar-refractivity contribution in [1.29, 1.82) is 5.26 Å². The molecular formula is C17H14N8. The maximum atomic E-state index is 9.05. The highest BCUT2D eigenvalue weighted by Gasteiger charge is 2.14. The highest BCUT2D eigenvalue weighted by atomic mass is 15.3. The summed E-state index contributed by atoms with van der Waals surface area (Å²) in [4.78, 5) is 13.2. The first-order valence-corrected chi connectivity index (χ1v) is 7.86. The summed E-state index contributed by atoms with van der Waals surface area (Å²) in [6.07, 6.45) is 6.32. The third-order valence-electron chi connectivity index (χ3n) is 4.00. The third kappa shape index (κ3) is 2.61. The summed E-state index contributed by atoms with van der Waals surface area (Å²) >= 11 is 0.